The van der Waals surface area contributed by atoms with E-state index in [1.807, 2.05) is 23.6 Å². The van der Waals surface area contributed by atoms with Gasteiger partial charge in [-0.05, 0) is 36.9 Å². The number of hydrogen-bond donors (Lipinski definition) is 0. The lowest BCUT2D eigenvalue weighted by Gasteiger charge is -2.37. The summed E-state index contributed by atoms with van der Waals surface area (Å²) in [6, 6.07) is 14.4. The average Bonchev–Trinajstić information content (AvgIpc) is 3.42. The zero-order valence-corrected chi connectivity index (χ0v) is 19.4. The van der Waals surface area contributed by atoms with Crippen LogP contribution in [0.15, 0.2) is 53.5 Å². The Morgan fingerprint density at radius 1 is 0.875 bits per heavy atom. The Morgan fingerprint density at radius 2 is 1.59 bits per heavy atom. The van der Waals surface area contributed by atoms with Gasteiger partial charge < -0.3 is 9.80 Å². The number of piperidine rings is 1. The summed E-state index contributed by atoms with van der Waals surface area (Å²) in [4.78, 5) is 36.6. The van der Waals surface area contributed by atoms with Crippen LogP contribution in [0.4, 0.5) is 0 Å². The van der Waals surface area contributed by atoms with Gasteiger partial charge in [0.15, 0.2) is 0 Å². The molecule has 0 radical (unpaired) electrons. The van der Waals surface area contributed by atoms with Gasteiger partial charge in [-0.1, -0.05) is 36.4 Å². The fourth-order valence-electron chi connectivity index (χ4n) is 5.01. The van der Waals surface area contributed by atoms with E-state index in [9.17, 15) is 9.59 Å². The molecule has 32 heavy (non-hydrogen) atoms. The van der Waals surface area contributed by atoms with Gasteiger partial charge in [0.1, 0.15) is 5.70 Å². The second-order valence-electron chi connectivity index (χ2n) is 8.96. The van der Waals surface area contributed by atoms with Crippen molar-refractivity contribution in [1.29, 1.82) is 0 Å². The predicted octanol–water partition coefficient (Wildman–Crippen LogP) is 2.74. The third-order valence-corrected chi connectivity index (χ3v) is 7.74. The number of thiophene rings is 1. The Labute approximate surface area is 193 Å². The summed E-state index contributed by atoms with van der Waals surface area (Å²) in [7, 11) is 2.10. The van der Waals surface area contributed by atoms with Crippen LogP contribution in [0.25, 0.3) is 5.57 Å². The van der Waals surface area contributed by atoms with Crippen LogP contribution >= 0.6 is 11.3 Å². The number of piperazine rings is 1. The van der Waals surface area contributed by atoms with Crippen molar-refractivity contribution in [3.05, 3.63) is 64.0 Å². The van der Waals surface area contributed by atoms with E-state index in [-0.39, 0.29) is 17.9 Å². The number of hydrogen-bond acceptors (Lipinski definition) is 6. The Hall–Kier alpha value is -2.48. The molecule has 3 aliphatic rings. The van der Waals surface area contributed by atoms with Crippen molar-refractivity contribution in [3.8, 4) is 0 Å². The first-order valence-electron chi connectivity index (χ1n) is 11.5. The highest BCUT2D eigenvalue weighted by molar-refractivity contribution is 7.11. The van der Waals surface area contributed by atoms with E-state index in [1.165, 1.54) is 5.56 Å². The van der Waals surface area contributed by atoms with Gasteiger partial charge in [0, 0.05) is 56.7 Å². The molecule has 2 saturated heterocycles. The molecule has 0 saturated carbocycles. The first kappa shape index (κ1) is 21.4. The quantitative estimate of drug-likeness (QED) is 0.656. The van der Waals surface area contributed by atoms with Crippen LogP contribution < -0.4 is 0 Å². The predicted molar refractivity (Wildman–Crippen MR) is 127 cm³/mol. The number of likely N-dealkylation sites (tertiary alicyclic amines) is 1. The number of carbonyl (C=O) groups excluding carboxylic acids is 2. The van der Waals surface area contributed by atoms with Crippen molar-refractivity contribution in [2.75, 3.05) is 46.3 Å². The summed E-state index contributed by atoms with van der Waals surface area (Å²) in [5.41, 5.74) is 2.54. The van der Waals surface area contributed by atoms with E-state index in [2.05, 4.69) is 46.0 Å². The molecule has 2 amide bonds. The van der Waals surface area contributed by atoms with E-state index >= 15 is 0 Å². The molecule has 2 aromatic rings. The third-order valence-electron chi connectivity index (χ3n) is 6.85. The normalized spacial score (nSPS) is 21.8. The first-order valence-corrected chi connectivity index (χ1v) is 12.4. The summed E-state index contributed by atoms with van der Waals surface area (Å²) >= 11 is 1.54. The van der Waals surface area contributed by atoms with Gasteiger partial charge in [-0.25, -0.2) is 0 Å². The smallest absolute Gasteiger partial charge is 0.278 e. The zero-order chi connectivity index (χ0) is 22.1. The van der Waals surface area contributed by atoms with E-state index in [0.717, 1.165) is 63.5 Å². The Balaban J connectivity index is 1.33. The molecule has 7 heteroatoms. The molecule has 5 rings (SSSR count). The molecular weight excluding hydrogens is 420 g/mol. The molecule has 0 spiro atoms. The van der Waals surface area contributed by atoms with Crippen LogP contribution in [0.1, 0.15) is 23.3 Å². The molecule has 0 N–H and O–H groups in total. The largest absolute Gasteiger partial charge is 0.364 e. The van der Waals surface area contributed by atoms with Crippen molar-refractivity contribution in [2.24, 2.45) is 0 Å². The second-order valence-corrected chi connectivity index (χ2v) is 9.91. The summed E-state index contributed by atoms with van der Waals surface area (Å²) in [6.07, 6.45) is 1.66. The molecular formula is C25H30N4O2S. The van der Waals surface area contributed by atoms with Gasteiger partial charge in [0.25, 0.3) is 11.8 Å². The van der Waals surface area contributed by atoms with E-state index < -0.39 is 0 Å². The maximum atomic E-state index is 13.7. The number of nitrogens with zero attached hydrogens (tertiary/aromatic N) is 4. The van der Waals surface area contributed by atoms with Crippen LogP contribution in [0.5, 0.6) is 0 Å². The molecule has 4 heterocycles. The topological polar surface area (TPSA) is 47.1 Å². The molecule has 168 valence electrons. The van der Waals surface area contributed by atoms with Crippen LogP contribution in [0.3, 0.4) is 0 Å². The van der Waals surface area contributed by atoms with Gasteiger partial charge in [0.2, 0.25) is 0 Å². The van der Waals surface area contributed by atoms with E-state index in [4.69, 9.17) is 0 Å². The summed E-state index contributed by atoms with van der Waals surface area (Å²) < 4.78 is 0. The fraction of sp³-hybridized carbons (Fsp3) is 0.440. The molecule has 1 aromatic heterocycles. The highest BCUT2D eigenvalue weighted by atomic mass is 32.1. The summed E-state index contributed by atoms with van der Waals surface area (Å²) in [6.45, 7) is 6.08. The van der Waals surface area contributed by atoms with Crippen LogP contribution in [0.2, 0.25) is 0 Å². The van der Waals surface area contributed by atoms with Crippen LogP contribution in [-0.2, 0) is 16.1 Å². The van der Waals surface area contributed by atoms with Crippen molar-refractivity contribution in [2.45, 2.75) is 25.4 Å². The zero-order valence-electron chi connectivity index (χ0n) is 18.6. The third kappa shape index (κ3) is 4.12. The molecule has 1 aromatic carbocycles. The Kier molecular flexibility index (Phi) is 6.13. The lowest BCUT2D eigenvalue weighted by molar-refractivity contribution is -0.141. The Morgan fingerprint density at radius 3 is 2.25 bits per heavy atom. The molecule has 0 bridgehead atoms. The van der Waals surface area contributed by atoms with E-state index in [0.29, 0.717) is 11.3 Å². The number of amides is 2. The van der Waals surface area contributed by atoms with Crippen molar-refractivity contribution in [3.63, 3.8) is 0 Å². The minimum absolute atomic E-state index is 0.0260. The van der Waals surface area contributed by atoms with Gasteiger partial charge in [-0.2, -0.15) is 0 Å². The molecule has 0 aliphatic carbocycles. The average molecular weight is 451 g/mol. The molecule has 0 unspecified atom stereocenters. The number of benzene rings is 1. The minimum Gasteiger partial charge on any atom is -0.364 e. The monoisotopic (exact) mass is 450 g/mol. The van der Waals surface area contributed by atoms with Gasteiger partial charge in [-0.15, -0.1) is 11.3 Å². The minimum atomic E-state index is -0.104. The number of likely N-dealkylation sites (N-methyl/N-ethyl adjacent to an activating group) is 1. The van der Waals surface area contributed by atoms with Crippen molar-refractivity contribution in [1.82, 2.24) is 19.6 Å². The van der Waals surface area contributed by atoms with Crippen LogP contribution in [0, 0.1) is 0 Å². The van der Waals surface area contributed by atoms with Crippen molar-refractivity contribution >= 4 is 28.7 Å². The van der Waals surface area contributed by atoms with Crippen LogP contribution in [-0.4, -0.2) is 83.8 Å². The standard InChI is InChI=1S/C25H30N4O2S/c1-26-13-15-28(16-14-26)23-22(21-8-5-17-32-21)24(30)29(25(23)31)20-9-11-27(12-10-20)18-19-6-3-2-4-7-19/h2-8,17,20H,9-16,18H2,1H3. The van der Waals surface area contributed by atoms with Gasteiger partial charge in [-0.3, -0.25) is 19.4 Å². The highest BCUT2D eigenvalue weighted by Crippen LogP contribution is 2.37. The summed E-state index contributed by atoms with van der Waals surface area (Å²) in [5.74, 6) is -0.197. The van der Waals surface area contributed by atoms with Gasteiger partial charge in [0.05, 0.1) is 5.57 Å². The van der Waals surface area contributed by atoms with Gasteiger partial charge >= 0.3 is 0 Å². The number of rotatable bonds is 5. The number of imide groups is 1. The maximum Gasteiger partial charge on any atom is 0.278 e. The van der Waals surface area contributed by atoms with E-state index in [1.54, 1.807) is 16.2 Å². The number of carbonyl (C=O) groups is 2. The first-order chi connectivity index (χ1) is 15.6. The summed E-state index contributed by atoms with van der Waals surface area (Å²) in [5, 5.41) is 1.98. The molecule has 6 nitrogen and oxygen atoms in total. The lowest BCUT2D eigenvalue weighted by atomic mass is 10.0. The molecule has 2 fully saturated rings. The highest BCUT2D eigenvalue weighted by Gasteiger charge is 2.45. The molecule has 3 aliphatic heterocycles. The second kappa shape index (κ2) is 9.17. The molecule has 0 atom stereocenters. The van der Waals surface area contributed by atoms with Crippen molar-refractivity contribution < 1.29 is 9.59 Å². The SMILES string of the molecule is CN1CCN(C2=C(c3cccs3)C(=O)N(C3CCN(Cc4ccccc4)CC3)C2=O)CC1. The Bertz CT molecular complexity index is 988. The lowest BCUT2D eigenvalue weighted by Crippen LogP contribution is -2.50. The fourth-order valence-corrected chi connectivity index (χ4v) is 5.77. The maximum absolute atomic E-state index is 13.7.